The van der Waals surface area contributed by atoms with Gasteiger partial charge >= 0.3 is 0 Å². The van der Waals surface area contributed by atoms with E-state index in [0.717, 1.165) is 4.47 Å². The summed E-state index contributed by atoms with van der Waals surface area (Å²) in [5.41, 5.74) is 1.96. The number of nitrogens with zero attached hydrogens (tertiary/aromatic N) is 2. The third-order valence-corrected chi connectivity index (χ3v) is 4.39. The zero-order valence-electron chi connectivity index (χ0n) is 13.7. The molecule has 0 aliphatic carbocycles. The summed E-state index contributed by atoms with van der Waals surface area (Å²) in [5.74, 6) is -0.167. The number of anilines is 1. The van der Waals surface area contributed by atoms with Crippen molar-refractivity contribution in [3.05, 3.63) is 105 Å². The largest absolute Gasteiger partial charge is 0.304 e. The Labute approximate surface area is 159 Å². The maximum atomic E-state index is 13.0. The second-order valence-corrected chi connectivity index (χ2v) is 6.58. The molecule has 3 rings (SSSR count). The second kappa shape index (κ2) is 7.93. The summed E-state index contributed by atoms with van der Waals surface area (Å²) in [4.78, 5) is 25.2. The summed E-state index contributed by atoms with van der Waals surface area (Å²) < 4.78 is 0.906. The molecule has 0 aliphatic rings. The van der Waals surface area contributed by atoms with E-state index in [1.165, 1.54) is 12.1 Å². The summed E-state index contributed by atoms with van der Waals surface area (Å²) in [6.45, 7) is 0.233. The van der Waals surface area contributed by atoms with Gasteiger partial charge in [0.2, 0.25) is 0 Å². The van der Waals surface area contributed by atoms with E-state index in [9.17, 15) is 14.9 Å². The van der Waals surface area contributed by atoms with Crippen molar-refractivity contribution in [3.63, 3.8) is 0 Å². The van der Waals surface area contributed by atoms with Crippen molar-refractivity contribution in [2.24, 2.45) is 0 Å². The standard InChI is InChI=1S/C20H15BrN2O3/c21-17-9-11-18(12-10-17)22(20(24)16-6-2-1-3-7-16)14-15-5-4-8-19(13-15)23(25)26/h1-13H,14H2. The molecule has 0 saturated carbocycles. The van der Waals surface area contributed by atoms with Gasteiger partial charge in [0.05, 0.1) is 11.5 Å². The van der Waals surface area contributed by atoms with Crippen LogP contribution in [0.3, 0.4) is 0 Å². The monoisotopic (exact) mass is 410 g/mol. The zero-order chi connectivity index (χ0) is 18.5. The highest BCUT2D eigenvalue weighted by Crippen LogP contribution is 2.24. The van der Waals surface area contributed by atoms with E-state index in [1.807, 2.05) is 30.3 Å². The Hall–Kier alpha value is -2.99. The average molecular weight is 411 g/mol. The molecule has 1 amide bonds. The first-order valence-corrected chi connectivity index (χ1v) is 8.70. The molecule has 0 bridgehead atoms. The summed E-state index contributed by atoms with van der Waals surface area (Å²) in [6.07, 6.45) is 0. The molecule has 3 aromatic rings. The maximum Gasteiger partial charge on any atom is 0.269 e. The number of hydrogen-bond acceptors (Lipinski definition) is 3. The number of carbonyl (C=O) groups is 1. The lowest BCUT2D eigenvalue weighted by atomic mass is 10.1. The molecule has 26 heavy (non-hydrogen) atoms. The Kier molecular flexibility index (Phi) is 5.43. The Morgan fingerprint density at radius 1 is 0.962 bits per heavy atom. The number of nitro groups is 1. The van der Waals surface area contributed by atoms with Crippen LogP contribution in [0.2, 0.25) is 0 Å². The normalized spacial score (nSPS) is 10.3. The van der Waals surface area contributed by atoms with Crippen LogP contribution in [-0.4, -0.2) is 10.8 Å². The van der Waals surface area contributed by atoms with Crippen LogP contribution in [0.4, 0.5) is 11.4 Å². The summed E-state index contributed by atoms with van der Waals surface area (Å²) in [6, 6.07) is 22.7. The molecule has 0 unspecified atom stereocenters. The van der Waals surface area contributed by atoms with Crippen LogP contribution in [0.5, 0.6) is 0 Å². The fourth-order valence-electron chi connectivity index (χ4n) is 2.59. The van der Waals surface area contributed by atoms with Crippen LogP contribution < -0.4 is 4.90 Å². The molecule has 130 valence electrons. The highest BCUT2D eigenvalue weighted by molar-refractivity contribution is 9.10. The minimum atomic E-state index is -0.438. The number of benzene rings is 3. The first kappa shape index (κ1) is 17.8. The maximum absolute atomic E-state index is 13.0. The van der Waals surface area contributed by atoms with Gasteiger partial charge in [0.1, 0.15) is 0 Å². The predicted octanol–water partition coefficient (Wildman–Crippen LogP) is 5.20. The van der Waals surface area contributed by atoms with Gasteiger partial charge in [-0.3, -0.25) is 14.9 Å². The van der Waals surface area contributed by atoms with Gasteiger partial charge in [-0.1, -0.05) is 46.3 Å². The molecule has 0 atom stereocenters. The Bertz CT molecular complexity index is 927. The molecule has 0 heterocycles. The van der Waals surface area contributed by atoms with E-state index in [-0.39, 0.29) is 18.1 Å². The van der Waals surface area contributed by atoms with Gasteiger partial charge in [-0.15, -0.1) is 0 Å². The second-order valence-electron chi connectivity index (χ2n) is 5.66. The molecule has 0 N–H and O–H groups in total. The van der Waals surface area contributed by atoms with Crippen LogP contribution in [0, 0.1) is 10.1 Å². The SMILES string of the molecule is O=C(c1ccccc1)N(Cc1cccc([N+](=O)[O-])c1)c1ccc(Br)cc1. The fourth-order valence-corrected chi connectivity index (χ4v) is 2.85. The van der Waals surface area contributed by atoms with Crippen LogP contribution in [0.25, 0.3) is 0 Å². The van der Waals surface area contributed by atoms with Crippen molar-refractivity contribution < 1.29 is 9.72 Å². The number of amides is 1. The van der Waals surface area contributed by atoms with Crippen molar-refractivity contribution in [2.75, 3.05) is 4.90 Å². The lowest BCUT2D eigenvalue weighted by Crippen LogP contribution is -2.30. The fraction of sp³-hybridized carbons (Fsp3) is 0.0500. The predicted molar refractivity (Wildman–Crippen MR) is 104 cm³/mol. The Balaban J connectivity index is 1.98. The molecule has 0 radical (unpaired) electrons. The van der Waals surface area contributed by atoms with Crippen molar-refractivity contribution in [1.82, 2.24) is 0 Å². The van der Waals surface area contributed by atoms with Crippen molar-refractivity contribution in [1.29, 1.82) is 0 Å². The van der Waals surface area contributed by atoms with Gasteiger partial charge in [0.25, 0.3) is 11.6 Å². The first-order valence-electron chi connectivity index (χ1n) is 7.90. The van der Waals surface area contributed by atoms with Crippen LogP contribution >= 0.6 is 15.9 Å². The van der Waals surface area contributed by atoms with Crippen LogP contribution in [0.15, 0.2) is 83.3 Å². The van der Waals surface area contributed by atoms with Crippen molar-refractivity contribution in [2.45, 2.75) is 6.54 Å². The van der Waals surface area contributed by atoms with Crippen LogP contribution in [-0.2, 0) is 6.54 Å². The zero-order valence-corrected chi connectivity index (χ0v) is 15.3. The molecule has 0 aromatic heterocycles. The minimum absolute atomic E-state index is 0.00502. The van der Waals surface area contributed by atoms with E-state index in [4.69, 9.17) is 0 Å². The van der Waals surface area contributed by atoms with E-state index in [2.05, 4.69) is 15.9 Å². The molecule has 3 aromatic carbocycles. The van der Waals surface area contributed by atoms with Gasteiger partial charge in [-0.25, -0.2) is 0 Å². The molecule has 0 fully saturated rings. The molecular formula is C20H15BrN2O3. The summed E-state index contributed by atoms with van der Waals surface area (Å²) in [7, 11) is 0. The highest BCUT2D eigenvalue weighted by atomic mass is 79.9. The van der Waals surface area contributed by atoms with E-state index in [0.29, 0.717) is 16.8 Å². The number of hydrogen-bond donors (Lipinski definition) is 0. The lowest BCUT2D eigenvalue weighted by Gasteiger charge is -2.23. The minimum Gasteiger partial charge on any atom is -0.304 e. The van der Waals surface area contributed by atoms with Gasteiger partial charge in [0, 0.05) is 27.9 Å². The molecule has 6 heteroatoms. The van der Waals surface area contributed by atoms with E-state index < -0.39 is 4.92 Å². The Morgan fingerprint density at radius 2 is 1.65 bits per heavy atom. The van der Waals surface area contributed by atoms with Gasteiger partial charge in [0.15, 0.2) is 0 Å². The third kappa shape index (κ3) is 4.15. The van der Waals surface area contributed by atoms with E-state index >= 15 is 0 Å². The first-order chi connectivity index (χ1) is 12.5. The number of carbonyl (C=O) groups excluding carboxylic acids is 1. The molecule has 5 nitrogen and oxygen atoms in total. The quantitative estimate of drug-likeness (QED) is 0.428. The number of nitro benzene ring substituents is 1. The van der Waals surface area contributed by atoms with Gasteiger partial charge in [-0.2, -0.15) is 0 Å². The average Bonchev–Trinajstić information content (AvgIpc) is 2.67. The van der Waals surface area contributed by atoms with Crippen molar-refractivity contribution >= 4 is 33.2 Å². The van der Waals surface area contributed by atoms with Gasteiger partial charge < -0.3 is 4.90 Å². The number of rotatable bonds is 5. The highest BCUT2D eigenvalue weighted by Gasteiger charge is 2.19. The summed E-state index contributed by atoms with van der Waals surface area (Å²) in [5, 5.41) is 11.0. The molecule has 0 spiro atoms. The lowest BCUT2D eigenvalue weighted by molar-refractivity contribution is -0.384. The molecule has 0 saturated heterocycles. The summed E-state index contributed by atoms with van der Waals surface area (Å²) >= 11 is 3.39. The van der Waals surface area contributed by atoms with Crippen LogP contribution in [0.1, 0.15) is 15.9 Å². The van der Waals surface area contributed by atoms with Crippen molar-refractivity contribution in [3.8, 4) is 0 Å². The third-order valence-electron chi connectivity index (χ3n) is 3.87. The molecule has 0 aliphatic heterocycles. The Morgan fingerprint density at radius 3 is 2.31 bits per heavy atom. The number of halogens is 1. The van der Waals surface area contributed by atoms with E-state index in [1.54, 1.807) is 41.3 Å². The number of non-ortho nitro benzene ring substituents is 1. The van der Waals surface area contributed by atoms with Gasteiger partial charge in [-0.05, 0) is 42.0 Å². The smallest absolute Gasteiger partial charge is 0.269 e. The molecular weight excluding hydrogens is 396 g/mol. The topological polar surface area (TPSA) is 63.5 Å².